The first-order valence-corrected chi connectivity index (χ1v) is 5.93. The molecule has 0 aliphatic heterocycles. The molecule has 0 rings (SSSR count). The van der Waals surface area contributed by atoms with Crippen LogP contribution < -0.4 is 5.32 Å². The van der Waals surface area contributed by atoms with Gasteiger partial charge in [-0.1, -0.05) is 20.8 Å². The molecule has 0 aliphatic rings. The van der Waals surface area contributed by atoms with E-state index in [0.717, 1.165) is 19.5 Å². The molecule has 0 unspecified atom stereocenters. The normalized spacial score (nSPS) is 12.4. The lowest BCUT2D eigenvalue weighted by Crippen LogP contribution is -2.30. The Morgan fingerprint density at radius 2 is 1.60 bits per heavy atom. The summed E-state index contributed by atoms with van der Waals surface area (Å²) < 4.78 is 10.9. The predicted octanol–water partition coefficient (Wildman–Crippen LogP) is 2.41. The Morgan fingerprint density at radius 1 is 1.07 bits per heavy atom. The summed E-state index contributed by atoms with van der Waals surface area (Å²) in [7, 11) is 0. The van der Waals surface area contributed by atoms with Crippen LogP contribution in [0.4, 0.5) is 0 Å². The van der Waals surface area contributed by atoms with Crippen molar-refractivity contribution in [3.05, 3.63) is 0 Å². The van der Waals surface area contributed by atoms with E-state index in [1.54, 1.807) is 0 Å². The van der Waals surface area contributed by atoms with Gasteiger partial charge in [0.2, 0.25) is 0 Å². The van der Waals surface area contributed by atoms with Crippen LogP contribution in [0.5, 0.6) is 0 Å². The molecule has 0 fully saturated rings. The fourth-order valence-corrected chi connectivity index (χ4v) is 1.27. The molecule has 0 amide bonds. The van der Waals surface area contributed by atoms with E-state index >= 15 is 0 Å². The Labute approximate surface area is 94.5 Å². The van der Waals surface area contributed by atoms with E-state index in [9.17, 15) is 0 Å². The lowest BCUT2D eigenvalue weighted by atomic mass is 9.97. The van der Waals surface area contributed by atoms with E-state index < -0.39 is 0 Å². The minimum absolute atomic E-state index is 0.0486. The second-order valence-electron chi connectivity index (χ2n) is 4.87. The summed E-state index contributed by atoms with van der Waals surface area (Å²) in [4.78, 5) is 0. The summed E-state index contributed by atoms with van der Waals surface area (Å²) in [6, 6.07) is 0. The topological polar surface area (TPSA) is 30.5 Å². The number of hydrogen-bond acceptors (Lipinski definition) is 3. The van der Waals surface area contributed by atoms with Crippen molar-refractivity contribution in [2.24, 2.45) is 5.41 Å². The van der Waals surface area contributed by atoms with E-state index in [1.807, 2.05) is 13.8 Å². The standard InChI is InChI=1S/C12H27NO2/c1-6-14-11(15-7-2)8-9-13-10-12(3,4)5/h11,13H,6-10H2,1-5H3. The molecular weight excluding hydrogens is 190 g/mol. The summed E-state index contributed by atoms with van der Waals surface area (Å²) in [6.45, 7) is 14.1. The largest absolute Gasteiger partial charge is 0.353 e. The fraction of sp³-hybridized carbons (Fsp3) is 1.00. The molecule has 0 aliphatic carbocycles. The highest BCUT2D eigenvalue weighted by Gasteiger charge is 2.10. The van der Waals surface area contributed by atoms with Gasteiger partial charge in [-0.25, -0.2) is 0 Å². The minimum atomic E-state index is -0.0486. The van der Waals surface area contributed by atoms with Gasteiger partial charge in [-0.2, -0.15) is 0 Å². The van der Waals surface area contributed by atoms with E-state index in [2.05, 4.69) is 26.1 Å². The second-order valence-corrected chi connectivity index (χ2v) is 4.87. The highest BCUT2D eigenvalue weighted by atomic mass is 16.7. The zero-order chi connectivity index (χ0) is 11.7. The molecule has 0 atom stereocenters. The summed E-state index contributed by atoms with van der Waals surface area (Å²) in [5, 5.41) is 3.41. The Morgan fingerprint density at radius 3 is 2.00 bits per heavy atom. The van der Waals surface area contributed by atoms with Gasteiger partial charge >= 0.3 is 0 Å². The third-order valence-electron chi connectivity index (χ3n) is 1.92. The maximum Gasteiger partial charge on any atom is 0.158 e. The van der Waals surface area contributed by atoms with Crippen LogP contribution >= 0.6 is 0 Å². The number of rotatable bonds is 8. The van der Waals surface area contributed by atoms with Gasteiger partial charge in [0.15, 0.2) is 6.29 Å². The van der Waals surface area contributed by atoms with Crippen LogP contribution in [0.1, 0.15) is 41.0 Å². The molecule has 0 aromatic heterocycles. The van der Waals surface area contributed by atoms with Crippen molar-refractivity contribution >= 4 is 0 Å². The summed E-state index contributed by atoms with van der Waals surface area (Å²) in [5.74, 6) is 0. The molecule has 0 heterocycles. The van der Waals surface area contributed by atoms with Crippen LogP contribution in [0.2, 0.25) is 0 Å². The predicted molar refractivity (Wildman–Crippen MR) is 64.0 cm³/mol. The maximum atomic E-state index is 5.45. The van der Waals surface area contributed by atoms with Crippen molar-refractivity contribution in [1.29, 1.82) is 0 Å². The number of ether oxygens (including phenoxy) is 2. The minimum Gasteiger partial charge on any atom is -0.353 e. The summed E-state index contributed by atoms with van der Waals surface area (Å²) in [6.07, 6.45) is 0.866. The molecule has 0 spiro atoms. The number of nitrogens with one attached hydrogen (secondary N) is 1. The van der Waals surface area contributed by atoms with E-state index in [1.165, 1.54) is 0 Å². The first-order valence-electron chi connectivity index (χ1n) is 5.93. The third kappa shape index (κ3) is 10.2. The van der Waals surface area contributed by atoms with Gasteiger partial charge in [0, 0.05) is 19.6 Å². The lowest BCUT2D eigenvalue weighted by molar-refractivity contribution is -0.138. The van der Waals surface area contributed by atoms with Gasteiger partial charge in [-0.05, 0) is 32.4 Å². The molecule has 0 saturated carbocycles. The summed E-state index contributed by atoms with van der Waals surface area (Å²) >= 11 is 0. The molecule has 0 aromatic rings. The quantitative estimate of drug-likeness (QED) is 0.500. The smallest absolute Gasteiger partial charge is 0.158 e. The fourth-order valence-electron chi connectivity index (χ4n) is 1.27. The van der Waals surface area contributed by atoms with E-state index in [-0.39, 0.29) is 6.29 Å². The van der Waals surface area contributed by atoms with Crippen LogP contribution in [-0.4, -0.2) is 32.6 Å². The zero-order valence-corrected chi connectivity index (χ0v) is 10.9. The Hall–Kier alpha value is -0.120. The summed E-state index contributed by atoms with van der Waals surface area (Å²) in [5.41, 5.74) is 0.340. The highest BCUT2D eigenvalue weighted by molar-refractivity contribution is 4.64. The van der Waals surface area contributed by atoms with Crippen LogP contribution in [0, 0.1) is 5.41 Å². The number of hydrogen-bond donors (Lipinski definition) is 1. The Balaban J connectivity index is 3.52. The molecule has 92 valence electrons. The van der Waals surface area contributed by atoms with Crippen LogP contribution in [-0.2, 0) is 9.47 Å². The van der Waals surface area contributed by atoms with Gasteiger partial charge in [-0.15, -0.1) is 0 Å². The third-order valence-corrected chi connectivity index (χ3v) is 1.92. The lowest BCUT2D eigenvalue weighted by Gasteiger charge is -2.21. The highest BCUT2D eigenvalue weighted by Crippen LogP contribution is 2.10. The van der Waals surface area contributed by atoms with Gasteiger partial charge < -0.3 is 14.8 Å². The molecule has 0 bridgehead atoms. The molecule has 0 saturated heterocycles. The molecule has 1 N–H and O–H groups in total. The van der Waals surface area contributed by atoms with Crippen LogP contribution in [0.15, 0.2) is 0 Å². The molecule has 15 heavy (non-hydrogen) atoms. The van der Waals surface area contributed by atoms with Crippen molar-refractivity contribution < 1.29 is 9.47 Å². The monoisotopic (exact) mass is 217 g/mol. The second kappa shape index (κ2) is 8.08. The van der Waals surface area contributed by atoms with E-state index in [4.69, 9.17) is 9.47 Å². The molecule has 0 radical (unpaired) electrons. The molecular formula is C12H27NO2. The Bertz CT molecular complexity index is 137. The van der Waals surface area contributed by atoms with Crippen LogP contribution in [0.3, 0.4) is 0 Å². The van der Waals surface area contributed by atoms with Gasteiger partial charge in [-0.3, -0.25) is 0 Å². The maximum absolute atomic E-state index is 5.45. The van der Waals surface area contributed by atoms with Crippen molar-refractivity contribution in [3.8, 4) is 0 Å². The molecule has 3 nitrogen and oxygen atoms in total. The van der Waals surface area contributed by atoms with Crippen molar-refractivity contribution in [2.75, 3.05) is 26.3 Å². The average molecular weight is 217 g/mol. The molecule has 3 heteroatoms. The van der Waals surface area contributed by atoms with Crippen molar-refractivity contribution in [2.45, 2.75) is 47.3 Å². The van der Waals surface area contributed by atoms with Gasteiger partial charge in [0.05, 0.1) is 0 Å². The zero-order valence-electron chi connectivity index (χ0n) is 10.9. The Kier molecular flexibility index (Phi) is 8.02. The van der Waals surface area contributed by atoms with Crippen molar-refractivity contribution in [3.63, 3.8) is 0 Å². The average Bonchev–Trinajstić information content (AvgIpc) is 2.11. The van der Waals surface area contributed by atoms with Gasteiger partial charge in [0.1, 0.15) is 0 Å². The SMILES string of the molecule is CCOC(CCNCC(C)(C)C)OCC. The van der Waals surface area contributed by atoms with Crippen LogP contribution in [0.25, 0.3) is 0 Å². The first kappa shape index (κ1) is 14.9. The van der Waals surface area contributed by atoms with E-state index in [0.29, 0.717) is 18.6 Å². The van der Waals surface area contributed by atoms with Gasteiger partial charge in [0.25, 0.3) is 0 Å². The first-order chi connectivity index (χ1) is 6.99. The van der Waals surface area contributed by atoms with Crippen molar-refractivity contribution in [1.82, 2.24) is 5.32 Å². The molecule has 0 aromatic carbocycles.